The van der Waals surface area contributed by atoms with Crippen LogP contribution in [0, 0.1) is 70.7 Å². The number of methoxy groups -OCH3 is 3. The van der Waals surface area contributed by atoms with Gasteiger partial charge in [0.05, 0.1) is 90.1 Å². The molecule has 4 aromatic heterocycles. The Morgan fingerprint density at radius 3 is 1.12 bits per heavy atom. The van der Waals surface area contributed by atoms with Crippen LogP contribution in [-0.2, 0) is 96.4 Å². The quantitative estimate of drug-likeness (QED) is 0.0442. The third-order valence-corrected chi connectivity index (χ3v) is 30.5. The van der Waals surface area contributed by atoms with Gasteiger partial charge in [-0.3, -0.25) is 19.2 Å². The number of piperidine rings is 1. The number of rotatable bonds is 27. The van der Waals surface area contributed by atoms with E-state index in [4.69, 9.17) is 33.2 Å². The number of alkyl halides is 3. The van der Waals surface area contributed by atoms with E-state index >= 15 is 4.39 Å². The second kappa shape index (κ2) is 42.4. The lowest BCUT2D eigenvalue weighted by Gasteiger charge is -2.39. The van der Waals surface area contributed by atoms with Gasteiger partial charge in [-0.2, -0.15) is 13.2 Å². The molecular formula is C115H123F6N5O11. The van der Waals surface area contributed by atoms with Gasteiger partial charge in [-0.1, -0.05) is 161 Å². The van der Waals surface area contributed by atoms with Gasteiger partial charge in [-0.15, -0.1) is 0 Å². The van der Waals surface area contributed by atoms with Crippen LogP contribution in [-0.4, -0.2) is 83.6 Å². The van der Waals surface area contributed by atoms with Crippen molar-refractivity contribution in [3.63, 3.8) is 0 Å². The standard InChI is InChI=1S/3C29H30FNO3.C28H33F3N2O2/c2*1-17(18(2)32)29(21-8-9-21)22-10-11-23-16-34-27(13-24(23)12-22)20-6-4-19(5-7-20)25-14-28(33-3)31-15-26(25)30;1-17(18(2)32)29(19-4-5-19)22-6-7-23-16-34-27(14-24(23)12-22)25-9-8-20(13-26(25)30)21-10-11-31-28(15-21)33-3;1-17(18(2)34)26(20-5-6-20)21-7-8-22-16-35-25(15-23(22)14-21)19-9-12-33(13-10-19)27-24(28(29,30)31)4-3-11-32-27/h2*4-7,10-12,14-15,17,21,27,29H,8-9,13,16H2,1-3H3;6-13,15,17,19,27,29H,4-5,14,16H2,1-3H3;3-4,7-8,11,14,17,19-20,25-26H,5-6,9-10,12-13,15-16H2,1-2H3/t17-,27+,29+;2*17-,27-,29+;17-,25?,26+/m1111/s1. The number of aromatic nitrogens is 4. The monoisotopic (exact) mass is 1860 g/mol. The van der Waals surface area contributed by atoms with Crippen LogP contribution in [0.3, 0.4) is 0 Å². The molecule has 137 heavy (non-hydrogen) atoms. The first kappa shape index (κ1) is 97.1. The summed E-state index contributed by atoms with van der Waals surface area (Å²) in [6.45, 7) is 18.3. The van der Waals surface area contributed by atoms with Gasteiger partial charge in [-0.05, 0) is 276 Å². The molecule has 716 valence electrons. The summed E-state index contributed by atoms with van der Waals surface area (Å²) < 4.78 is 124. The number of ether oxygens (including phenoxy) is 7. The van der Waals surface area contributed by atoms with Crippen molar-refractivity contribution in [3.8, 4) is 51.0 Å². The summed E-state index contributed by atoms with van der Waals surface area (Å²) in [6, 6.07) is 56.8. The molecule has 4 aliphatic carbocycles. The summed E-state index contributed by atoms with van der Waals surface area (Å²) in [6.07, 6.45) is 14.8. The maximum Gasteiger partial charge on any atom is 0.419 e. The topological polar surface area (TPSA) is 188 Å². The first-order valence-corrected chi connectivity index (χ1v) is 48.7. The number of hydrogen-bond donors (Lipinski definition) is 0. The molecule has 16 nitrogen and oxygen atoms in total. The highest BCUT2D eigenvalue weighted by Gasteiger charge is 2.44. The maximum absolute atomic E-state index is 15.2. The lowest BCUT2D eigenvalue weighted by Crippen LogP contribution is -2.41. The first-order valence-electron chi connectivity index (χ1n) is 48.7. The predicted octanol–water partition coefficient (Wildman–Crippen LogP) is 25.5. The van der Waals surface area contributed by atoms with Gasteiger partial charge in [0.1, 0.15) is 46.4 Å². The smallest absolute Gasteiger partial charge is 0.419 e. The number of hydrogen-bond acceptors (Lipinski definition) is 16. The van der Waals surface area contributed by atoms with Crippen molar-refractivity contribution >= 4 is 29.0 Å². The minimum atomic E-state index is -4.41. The second-order valence-electron chi connectivity index (χ2n) is 39.4. The van der Waals surface area contributed by atoms with E-state index < -0.39 is 11.7 Å². The van der Waals surface area contributed by atoms with E-state index in [1.807, 2.05) is 73.7 Å². The van der Waals surface area contributed by atoms with Crippen molar-refractivity contribution in [1.29, 1.82) is 0 Å². The van der Waals surface area contributed by atoms with E-state index in [1.54, 1.807) is 70.2 Å². The normalized spacial score (nSPS) is 20.2. The zero-order chi connectivity index (χ0) is 96.2. The van der Waals surface area contributed by atoms with E-state index in [-0.39, 0.29) is 106 Å². The maximum atomic E-state index is 15.2. The molecule has 9 aliphatic rings. The Kier molecular flexibility index (Phi) is 30.1. The Labute approximate surface area is 799 Å². The molecule has 7 aromatic carbocycles. The molecule has 0 spiro atoms. The number of halogens is 6. The van der Waals surface area contributed by atoms with Crippen LogP contribution >= 0.6 is 0 Å². The molecule has 0 bridgehead atoms. The SMILES string of the molecule is CC(=O)[C@@H](C)[C@H](c1ccc2c(c1)CC(C1CCN(c3ncccc3C(F)(F)F)CC1)OC2)C1CC1.COc1cc(-c2ccc([C@@H]3Cc4cc([C@H](C5CC5)[C@H](C)C(C)=O)ccc4CO3)cc2)c(F)cn1.COc1cc(-c2ccc([C@H]3Cc4cc([C@H](C5CC5)[C@H](C)C(C)=O)ccc4CO3)c(F)c2)ccn1.COc1cc(-c2ccc([C@H]3Cc4cc([C@H](C5CC5)[C@H](C)C(C)=O)ccc4CO3)cc2)c(F)cn1. The van der Waals surface area contributed by atoms with E-state index in [0.717, 1.165) is 77.1 Å². The fraction of sp³-hybridized carbons (Fsp3) is 0.426. The van der Waals surface area contributed by atoms with Crippen LogP contribution in [0.1, 0.15) is 251 Å². The van der Waals surface area contributed by atoms with Crippen molar-refractivity contribution in [3.05, 3.63) is 307 Å². The highest BCUT2D eigenvalue weighted by Crippen LogP contribution is 2.53. The molecule has 12 atom stereocenters. The Hall–Kier alpha value is -11.6. The van der Waals surface area contributed by atoms with Gasteiger partial charge < -0.3 is 38.1 Å². The lowest BCUT2D eigenvalue weighted by atomic mass is 9.79. The van der Waals surface area contributed by atoms with Crippen molar-refractivity contribution in [1.82, 2.24) is 19.9 Å². The summed E-state index contributed by atoms with van der Waals surface area (Å²) in [5.41, 5.74) is 21.0. The summed E-state index contributed by atoms with van der Waals surface area (Å²) in [7, 11) is 4.60. The number of Topliss-reactive ketones (excluding diaryl/α,β-unsaturated/α-hetero) is 4. The Morgan fingerprint density at radius 2 is 0.737 bits per heavy atom. The van der Waals surface area contributed by atoms with Crippen molar-refractivity contribution in [2.75, 3.05) is 39.3 Å². The molecule has 1 saturated heterocycles. The van der Waals surface area contributed by atoms with Crippen LogP contribution in [0.5, 0.6) is 17.6 Å². The molecule has 0 amide bonds. The highest BCUT2D eigenvalue weighted by atomic mass is 19.4. The minimum absolute atomic E-state index is 0.0120. The zero-order valence-corrected chi connectivity index (χ0v) is 80.0. The fourth-order valence-electron chi connectivity index (χ4n) is 21.5. The zero-order valence-electron chi connectivity index (χ0n) is 80.0. The molecule has 20 rings (SSSR count). The molecule has 1 unspecified atom stereocenters. The van der Waals surface area contributed by atoms with Crippen molar-refractivity contribution in [2.24, 2.45) is 53.3 Å². The Morgan fingerprint density at radius 1 is 0.372 bits per heavy atom. The predicted molar refractivity (Wildman–Crippen MR) is 516 cm³/mol. The van der Waals surface area contributed by atoms with Crippen LogP contribution in [0.15, 0.2) is 201 Å². The Bertz CT molecular complexity index is 5990. The summed E-state index contributed by atoms with van der Waals surface area (Å²) >= 11 is 0. The molecule has 5 aliphatic heterocycles. The third kappa shape index (κ3) is 22.7. The lowest BCUT2D eigenvalue weighted by molar-refractivity contribution is -0.137. The van der Waals surface area contributed by atoms with Gasteiger partial charge >= 0.3 is 6.18 Å². The number of carbonyl (C=O) groups excluding carboxylic acids is 4. The molecule has 22 heteroatoms. The van der Waals surface area contributed by atoms with Crippen LogP contribution in [0.2, 0.25) is 0 Å². The van der Waals surface area contributed by atoms with Crippen molar-refractivity contribution in [2.45, 2.75) is 226 Å². The van der Waals surface area contributed by atoms with E-state index in [2.05, 4.69) is 114 Å². The highest BCUT2D eigenvalue weighted by molar-refractivity contribution is 5.81. The third-order valence-electron chi connectivity index (χ3n) is 30.5. The van der Waals surface area contributed by atoms with Gasteiger partial charge in [-0.25, -0.2) is 33.1 Å². The fourth-order valence-corrected chi connectivity index (χ4v) is 21.5. The van der Waals surface area contributed by atoms with Crippen LogP contribution in [0.25, 0.3) is 33.4 Å². The van der Waals surface area contributed by atoms with Crippen molar-refractivity contribution < 1.29 is 78.7 Å². The number of fused-ring (bicyclic) bond motifs is 4. The first-order chi connectivity index (χ1) is 66.0. The number of ketones is 4. The number of anilines is 1. The molecular weight excluding hydrogens is 1740 g/mol. The van der Waals surface area contributed by atoms with E-state index in [1.165, 1.54) is 151 Å². The van der Waals surface area contributed by atoms with Gasteiger partial charge in [0.15, 0.2) is 0 Å². The number of nitrogens with zero attached hydrogens (tertiary/aromatic N) is 5. The minimum Gasteiger partial charge on any atom is -0.481 e. The molecule has 11 aromatic rings. The number of pyridine rings is 4. The summed E-state index contributed by atoms with van der Waals surface area (Å²) in [5.74, 6) is 5.25. The molecule has 9 heterocycles. The Balaban J connectivity index is 0.000000127. The van der Waals surface area contributed by atoms with E-state index in [9.17, 15) is 41.1 Å². The summed E-state index contributed by atoms with van der Waals surface area (Å²) in [4.78, 5) is 66.4. The number of carbonyl (C=O) groups is 4. The summed E-state index contributed by atoms with van der Waals surface area (Å²) in [5, 5.41) is 0. The molecule has 0 N–H and O–H groups in total. The average molecular weight is 1870 g/mol. The van der Waals surface area contributed by atoms with Gasteiger partial charge in [0, 0.05) is 103 Å². The van der Waals surface area contributed by atoms with Crippen LogP contribution in [0.4, 0.5) is 32.2 Å². The number of benzene rings is 7. The molecule has 5 fully saturated rings. The van der Waals surface area contributed by atoms with Gasteiger partial charge in [0.25, 0.3) is 0 Å². The van der Waals surface area contributed by atoms with E-state index in [0.29, 0.717) is 122 Å². The van der Waals surface area contributed by atoms with Gasteiger partial charge in [0.2, 0.25) is 17.6 Å². The largest absolute Gasteiger partial charge is 0.481 e. The second-order valence-corrected chi connectivity index (χ2v) is 39.4. The van der Waals surface area contributed by atoms with Crippen LogP contribution < -0.4 is 19.1 Å². The average Bonchev–Trinajstić information content (AvgIpc) is 1.74. The molecule has 0 radical (unpaired) electrons. The molecule has 4 saturated carbocycles.